The number of hydrogen-bond donors (Lipinski definition) is 1. The SMILES string of the molecule is Cc1ccc(N(c2ccc(CCO)cc2)c2ccc(CCOC3CCCC4OC34)cc2)cc1. The van der Waals surface area contributed by atoms with Crippen LogP contribution in [0.2, 0.25) is 0 Å². The van der Waals surface area contributed by atoms with E-state index in [1.54, 1.807) is 0 Å². The Bertz CT molecular complexity index is 1030. The molecule has 0 radical (unpaired) electrons. The second-order valence-electron chi connectivity index (χ2n) is 9.21. The highest BCUT2D eigenvalue weighted by Crippen LogP contribution is 2.38. The largest absolute Gasteiger partial charge is 0.396 e. The lowest BCUT2D eigenvalue weighted by Crippen LogP contribution is -2.26. The van der Waals surface area contributed by atoms with Gasteiger partial charge in [-0.25, -0.2) is 0 Å². The third-order valence-corrected chi connectivity index (χ3v) is 6.77. The van der Waals surface area contributed by atoms with E-state index in [0.717, 1.165) is 42.1 Å². The number of fused-ring (bicyclic) bond motifs is 1. The van der Waals surface area contributed by atoms with Gasteiger partial charge >= 0.3 is 0 Å². The highest BCUT2D eigenvalue weighted by Gasteiger charge is 2.47. The molecule has 3 aromatic rings. The number of rotatable bonds is 9. The topological polar surface area (TPSA) is 45.2 Å². The van der Waals surface area contributed by atoms with Crippen molar-refractivity contribution in [1.29, 1.82) is 0 Å². The van der Waals surface area contributed by atoms with Gasteiger partial charge in [0.25, 0.3) is 0 Å². The maximum Gasteiger partial charge on any atom is 0.110 e. The Morgan fingerprint density at radius 3 is 2.00 bits per heavy atom. The van der Waals surface area contributed by atoms with E-state index >= 15 is 0 Å². The summed E-state index contributed by atoms with van der Waals surface area (Å²) in [5.41, 5.74) is 7.02. The van der Waals surface area contributed by atoms with Gasteiger partial charge in [-0.3, -0.25) is 0 Å². The van der Waals surface area contributed by atoms with Crippen LogP contribution < -0.4 is 4.90 Å². The molecule has 0 amide bonds. The molecule has 3 aromatic carbocycles. The van der Waals surface area contributed by atoms with E-state index in [4.69, 9.17) is 9.47 Å². The Hall–Kier alpha value is -2.66. The highest BCUT2D eigenvalue weighted by molar-refractivity contribution is 5.76. The van der Waals surface area contributed by atoms with Crippen molar-refractivity contribution < 1.29 is 14.6 Å². The molecule has 1 N–H and O–H groups in total. The third-order valence-electron chi connectivity index (χ3n) is 6.77. The Morgan fingerprint density at radius 2 is 1.39 bits per heavy atom. The first kappa shape index (κ1) is 22.1. The summed E-state index contributed by atoms with van der Waals surface area (Å²) >= 11 is 0. The minimum atomic E-state index is 0.168. The number of epoxide rings is 1. The van der Waals surface area contributed by atoms with Gasteiger partial charge < -0.3 is 19.5 Å². The van der Waals surface area contributed by atoms with Crippen molar-refractivity contribution in [3.05, 3.63) is 89.5 Å². The summed E-state index contributed by atoms with van der Waals surface area (Å²) in [5, 5.41) is 9.23. The molecular formula is C29H33NO3. The van der Waals surface area contributed by atoms with E-state index in [1.807, 2.05) is 0 Å². The van der Waals surface area contributed by atoms with Gasteiger partial charge in [0.1, 0.15) is 6.10 Å². The molecule has 1 aliphatic heterocycles. The minimum absolute atomic E-state index is 0.168. The number of hydrogen-bond acceptors (Lipinski definition) is 4. The molecule has 1 aliphatic carbocycles. The summed E-state index contributed by atoms with van der Waals surface area (Å²) in [7, 11) is 0. The minimum Gasteiger partial charge on any atom is -0.396 e. The fourth-order valence-corrected chi connectivity index (χ4v) is 4.80. The van der Waals surface area contributed by atoms with Crippen LogP contribution in [0.15, 0.2) is 72.8 Å². The van der Waals surface area contributed by atoms with Crippen molar-refractivity contribution in [3.8, 4) is 0 Å². The number of nitrogens with zero attached hydrogens (tertiary/aromatic N) is 1. The average Bonchev–Trinajstić information content (AvgIpc) is 3.64. The Kier molecular flexibility index (Phi) is 6.77. The molecule has 1 heterocycles. The van der Waals surface area contributed by atoms with E-state index < -0.39 is 0 Å². The van der Waals surface area contributed by atoms with Gasteiger partial charge in [-0.2, -0.15) is 0 Å². The predicted octanol–water partition coefficient (Wildman–Crippen LogP) is 5.88. The van der Waals surface area contributed by atoms with Crippen LogP contribution in [0.5, 0.6) is 0 Å². The molecule has 5 rings (SSSR count). The summed E-state index contributed by atoms with van der Waals surface area (Å²) in [6.07, 6.45) is 6.24. The number of aryl methyl sites for hydroxylation is 1. The second-order valence-corrected chi connectivity index (χ2v) is 9.21. The molecule has 2 fully saturated rings. The molecular weight excluding hydrogens is 410 g/mol. The van der Waals surface area contributed by atoms with Crippen LogP contribution in [0.25, 0.3) is 0 Å². The predicted molar refractivity (Wildman–Crippen MR) is 133 cm³/mol. The Morgan fingerprint density at radius 1 is 0.818 bits per heavy atom. The maximum atomic E-state index is 9.23. The van der Waals surface area contributed by atoms with Gasteiger partial charge in [0.15, 0.2) is 0 Å². The van der Waals surface area contributed by atoms with E-state index in [0.29, 0.717) is 18.6 Å². The van der Waals surface area contributed by atoms with Crippen molar-refractivity contribution >= 4 is 17.1 Å². The lowest BCUT2D eigenvalue weighted by atomic mass is 9.98. The molecule has 3 atom stereocenters. The number of aliphatic hydroxyl groups excluding tert-OH is 1. The third kappa shape index (κ3) is 5.30. The van der Waals surface area contributed by atoms with Crippen LogP contribution >= 0.6 is 0 Å². The van der Waals surface area contributed by atoms with Crippen molar-refractivity contribution in [1.82, 2.24) is 0 Å². The molecule has 0 spiro atoms. The van der Waals surface area contributed by atoms with Crippen LogP contribution in [0, 0.1) is 6.92 Å². The molecule has 1 saturated carbocycles. The van der Waals surface area contributed by atoms with Gasteiger partial charge in [-0.05, 0) is 86.6 Å². The van der Waals surface area contributed by atoms with Gasteiger partial charge in [-0.1, -0.05) is 42.0 Å². The summed E-state index contributed by atoms with van der Waals surface area (Å²) < 4.78 is 11.9. The van der Waals surface area contributed by atoms with E-state index in [1.165, 1.54) is 24.0 Å². The van der Waals surface area contributed by atoms with Gasteiger partial charge in [-0.15, -0.1) is 0 Å². The van der Waals surface area contributed by atoms with Crippen LogP contribution in [0.3, 0.4) is 0 Å². The van der Waals surface area contributed by atoms with Crippen LogP contribution in [0.4, 0.5) is 17.1 Å². The molecule has 172 valence electrons. The van der Waals surface area contributed by atoms with Crippen LogP contribution in [-0.2, 0) is 22.3 Å². The molecule has 2 aliphatic rings. The molecule has 33 heavy (non-hydrogen) atoms. The monoisotopic (exact) mass is 443 g/mol. The van der Waals surface area contributed by atoms with Gasteiger partial charge in [0.05, 0.1) is 18.8 Å². The first-order valence-corrected chi connectivity index (χ1v) is 12.1. The average molecular weight is 444 g/mol. The number of benzene rings is 3. The molecule has 4 heteroatoms. The normalized spacial score (nSPS) is 21.5. The fourth-order valence-electron chi connectivity index (χ4n) is 4.80. The molecule has 0 aromatic heterocycles. The van der Waals surface area contributed by atoms with E-state index in [9.17, 15) is 5.11 Å². The van der Waals surface area contributed by atoms with E-state index in [2.05, 4.69) is 84.6 Å². The molecule has 3 unspecified atom stereocenters. The quantitative estimate of drug-likeness (QED) is 0.420. The number of aliphatic hydroxyl groups is 1. The van der Waals surface area contributed by atoms with Crippen molar-refractivity contribution in [3.63, 3.8) is 0 Å². The lowest BCUT2D eigenvalue weighted by Gasteiger charge is -2.26. The van der Waals surface area contributed by atoms with Crippen LogP contribution in [0.1, 0.15) is 36.0 Å². The summed E-state index contributed by atoms with van der Waals surface area (Å²) in [6.45, 7) is 3.02. The van der Waals surface area contributed by atoms with Gasteiger partial charge in [0, 0.05) is 23.7 Å². The zero-order valence-corrected chi connectivity index (χ0v) is 19.3. The van der Waals surface area contributed by atoms with E-state index in [-0.39, 0.29) is 12.7 Å². The first-order valence-electron chi connectivity index (χ1n) is 12.1. The molecule has 0 bridgehead atoms. The summed E-state index contributed by atoms with van der Waals surface area (Å²) in [4.78, 5) is 2.27. The van der Waals surface area contributed by atoms with Gasteiger partial charge in [0.2, 0.25) is 0 Å². The zero-order valence-electron chi connectivity index (χ0n) is 19.3. The Labute approximate surface area is 196 Å². The summed E-state index contributed by atoms with van der Waals surface area (Å²) in [5.74, 6) is 0. The van der Waals surface area contributed by atoms with Crippen molar-refractivity contribution in [2.24, 2.45) is 0 Å². The maximum absolute atomic E-state index is 9.23. The fraction of sp³-hybridized carbons (Fsp3) is 0.379. The summed E-state index contributed by atoms with van der Waals surface area (Å²) in [6, 6.07) is 25.9. The van der Waals surface area contributed by atoms with Crippen molar-refractivity contribution in [2.45, 2.75) is 57.3 Å². The lowest BCUT2D eigenvalue weighted by molar-refractivity contribution is 0.0268. The number of anilines is 3. The molecule has 1 saturated heterocycles. The number of ether oxygens (including phenoxy) is 2. The first-order chi connectivity index (χ1) is 16.2. The van der Waals surface area contributed by atoms with Crippen LogP contribution in [-0.4, -0.2) is 36.6 Å². The smallest absolute Gasteiger partial charge is 0.110 e. The zero-order chi connectivity index (χ0) is 22.6. The highest BCUT2D eigenvalue weighted by atomic mass is 16.6. The Balaban J connectivity index is 1.30. The second kappa shape index (κ2) is 10.1. The molecule has 4 nitrogen and oxygen atoms in total. The van der Waals surface area contributed by atoms with Crippen molar-refractivity contribution in [2.75, 3.05) is 18.1 Å². The standard InChI is InChI=1S/C29H33NO3/c1-21-5-11-24(12-6-21)30(25-13-7-22(8-14-25)17-19-31)26-15-9-23(10-16-26)18-20-32-27-3-2-4-28-29(27)33-28/h5-16,27-29,31H,2-4,17-20H2,1H3.